The fourth-order valence-corrected chi connectivity index (χ4v) is 6.43. The van der Waals surface area contributed by atoms with Crippen molar-refractivity contribution in [2.45, 2.75) is 44.8 Å². The largest absolute Gasteiger partial charge is 0.487 e. The van der Waals surface area contributed by atoms with Crippen LogP contribution in [0.25, 0.3) is 32.9 Å². The van der Waals surface area contributed by atoms with Gasteiger partial charge in [-0.25, -0.2) is 0 Å². The van der Waals surface area contributed by atoms with E-state index in [0.717, 1.165) is 77.6 Å². The number of halogens is 1. The molecule has 1 saturated carbocycles. The molecule has 3 aliphatic rings. The second kappa shape index (κ2) is 11.3. The number of piperazine rings is 1. The Labute approximate surface area is 255 Å². The third-order valence-corrected chi connectivity index (χ3v) is 9.05. The molecule has 0 radical (unpaired) electrons. The molecule has 2 aromatic carbocycles. The van der Waals surface area contributed by atoms with Gasteiger partial charge in [-0.3, -0.25) is 9.89 Å². The van der Waals surface area contributed by atoms with E-state index in [1.165, 1.54) is 6.08 Å². The Balaban J connectivity index is 1.40. The Kier molecular flexibility index (Phi) is 7.34. The first-order valence-electron chi connectivity index (χ1n) is 15.0. The molecule has 1 aliphatic carbocycles. The van der Waals surface area contributed by atoms with Gasteiger partial charge in [0.15, 0.2) is 5.75 Å². The van der Waals surface area contributed by atoms with Gasteiger partial charge in [0.25, 0.3) is 0 Å². The molecule has 0 bridgehead atoms. The van der Waals surface area contributed by atoms with Gasteiger partial charge in [0.05, 0.1) is 22.8 Å². The molecule has 43 heavy (non-hydrogen) atoms. The number of aromatic nitrogens is 4. The van der Waals surface area contributed by atoms with Crippen molar-refractivity contribution in [3.8, 4) is 22.9 Å². The van der Waals surface area contributed by atoms with Gasteiger partial charge in [0.1, 0.15) is 17.4 Å². The Morgan fingerprint density at radius 3 is 2.47 bits per heavy atom. The molecule has 1 amide bonds. The molecule has 3 fully saturated rings. The molecule has 4 heterocycles. The number of aromatic amines is 1. The van der Waals surface area contributed by atoms with Gasteiger partial charge in [0, 0.05) is 61.2 Å². The second-order valence-electron chi connectivity index (χ2n) is 11.8. The monoisotopic (exact) mass is 601 g/mol. The van der Waals surface area contributed by atoms with E-state index in [2.05, 4.69) is 46.6 Å². The average molecular weight is 602 g/mol. The van der Waals surface area contributed by atoms with Crippen LogP contribution in [0.15, 0.2) is 37.1 Å². The van der Waals surface area contributed by atoms with E-state index < -0.39 is 0 Å². The highest BCUT2D eigenvalue weighted by Crippen LogP contribution is 2.48. The summed E-state index contributed by atoms with van der Waals surface area (Å²) in [7, 11) is 2.13. The van der Waals surface area contributed by atoms with Crippen molar-refractivity contribution in [1.82, 2.24) is 30.0 Å². The lowest BCUT2D eigenvalue weighted by atomic mass is 9.94. The topological polar surface area (TPSA) is 99.7 Å². The molecular weight excluding hydrogens is 566 g/mol. The van der Waals surface area contributed by atoms with E-state index in [9.17, 15) is 4.79 Å². The minimum absolute atomic E-state index is 0.0325. The summed E-state index contributed by atoms with van der Waals surface area (Å²) in [5, 5.41) is 9.74. The van der Waals surface area contributed by atoms with Crippen LogP contribution < -0.4 is 14.4 Å². The predicted octanol–water partition coefficient (Wildman–Crippen LogP) is 4.98. The first-order chi connectivity index (χ1) is 20.9. The van der Waals surface area contributed by atoms with Crippen LogP contribution in [-0.4, -0.2) is 94.4 Å². The molecule has 0 unspecified atom stereocenters. The number of aryl methyl sites for hydroxylation is 1. The van der Waals surface area contributed by atoms with Gasteiger partial charge in [-0.1, -0.05) is 24.2 Å². The third-order valence-electron chi connectivity index (χ3n) is 8.75. The van der Waals surface area contributed by atoms with Crippen LogP contribution in [0.5, 0.6) is 11.8 Å². The first kappa shape index (κ1) is 27.9. The highest BCUT2D eigenvalue weighted by atomic mass is 35.5. The lowest BCUT2D eigenvalue weighted by Gasteiger charge is -2.35. The van der Waals surface area contributed by atoms with Gasteiger partial charge >= 0.3 is 6.01 Å². The molecule has 1 N–H and O–H groups in total. The summed E-state index contributed by atoms with van der Waals surface area (Å²) in [6.45, 7) is 10.0. The maximum absolute atomic E-state index is 12.3. The summed E-state index contributed by atoms with van der Waals surface area (Å²) in [5.74, 6) is 1.33. The SMILES string of the molecule is C=CC(=O)N1CCN(c2nc(OC3CCN(C)CC3)nc3c(OC4CC4)c(-c4c(C)ccc5[nH]ncc45)c(Cl)cc23)CC1. The van der Waals surface area contributed by atoms with Crippen LogP contribution in [0.1, 0.15) is 31.2 Å². The number of hydrogen-bond donors (Lipinski definition) is 1. The number of H-pyrrole nitrogens is 1. The highest BCUT2D eigenvalue weighted by molar-refractivity contribution is 6.35. The number of piperidine rings is 1. The van der Waals surface area contributed by atoms with Crippen LogP contribution in [0.4, 0.5) is 5.82 Å². The molecule has 0 atom stereocenters. The summed E-state index contributed by atoms with van der Waals surface area (Å²) >= 11 is 7.21. The first-order valence-corrected chi connectivity index (χ1v) is 15.4. The summed E-state index contributed by atoms with van der Waals surface area (Å²) in [5.41, 5.74) is 4.46. The van der Waals surface area contributed by atoms with Crippen molar-refractivity contribution >= 4 is 45.1 Å². The summed E-state index contributed by atoms with van der Waals surface area (Å²) < 4.78 is 13.2. The van der Waals surface area contributed by atoms with Crippen molar-refractivity contribution in [2.24, 2.45) is 0 Å². The highest BCUT2D eigenvalue weighted by Gasteiger charge is 2.32. The predicted molar refractivity (Wildman–Crippen MR) is 168 cm³/mol. The zero-order valence-electron chi connectivity index (χ0n) is 24.6. The number of nitrogens with zero attached hydrogens (tertiary/aromatic N) is 6. The maximum atomic E-state index is 12.3. The van der Waals surface area contributed by atoms with Crippen molar-refractivity contribution in [1.29, 1.82) is 0 Å². The quantitative estimate of drug-likeness (QED) is 0.296. The van der Waals surface area contributed by atoms with E-state index in [1.54, 1.807) is 0 Å². The van der Waals surface area contributed by atoms with Gasteiger partial charge in [-0.05, 0) is 63.4 Å². The number of benzene rings is 2. The minimum Gasteiger partial charge on any atom is -0.487 e. The number of fused-ring (bicyclic) bond motifs is 2. The molecule has 2 aromatic heterocycles. The minimum atomic E-state index is -0.0601. The van der Waals surface area contributed by atoms with Gasteiger partial charge < -0.3 is 24.2 Å². The number of likely N-dealkylation sites (tertiary alicyclic amines) is 1. The Hall–Kier alpha value is -3.89. The molecule has 224 valence electrons. The van der Waals surface area contributed by atoms with Crippen molar-refractivity contribution in [3.63, 3.8) is 0 Å². The normalized spacial score (nSPS) is 18.4. The fourth-order valence-electron chi connectivity index (χ4n) is 6.14. The zero-order valence-corrected chi connectivity index (χ0v) is 25.4. The van der Waals surface area contributed by atoms with Gasteiger partial charge in [-0.15, -0.1) is 0 Å². The summed E-state index contributed by atoms with van der Waals surface area (Å²) in [6.07, 6.45) is 7.14. The molecule has 0 spiro atoms. The maximum Gasteiger partial charge on any atom is 0.319 e. The number of rotatable bonds is 7. The Bertz CT molecular complexity index is 1700. The van der Waals surface area contributed by atoms with Crippen molar-refractivity contribution < 1.29 is 14.3 Å². The van der Waals surface area contributed by atoms with Crippen LogP contribution in [0, 0.1) is 6.92 Å². The molecule has 2 saturated heterocycles. The van der Waals surface area contributed by atoms with Crippen LogP contribution in [-0.2, 0) is 4.79 Å². The Morgan fingerprint density at radius 1 is 1.00 bits per heavy atom. The van der Waals surface area contributed by atoms with Gasteiger partial charge in [-0.2, -0.15) is 15.1 Å². The smallest absolute Gasteiger partial charge is 0.319 e. The molecule has 2 aliphatic heterocycles. The fraction of sp³-hybridized carbons (Fsp3) is 0.438. The van der Waals surface area contributed by atoms with E-state index in [4.69, 9.17) is 31.0 Å². The number of amides is 1. The lowest BCUT2D eigenvalue weighted by Crippen LogP contribution is -2.48. The second-order valence-corrected chi connectivity index (χ2v) is 12.2. The molecular formula is C32H36ClN7O3. The van der Waals surface area contributed by atoms with E-state index in [-0.39, 0.29) is 18.1 Å². The van der Waals surface area contributed by atoms with Gasteiger partial charge in [0.2, 0.25) is 5.91 Å². The molecule has 4 aromatic rings. The number of carbonyl (C=O) groups is 1. The number of ether oxygens (including phenoxy) is 2. The van der Waals surface area contributed by atoms with Crippen molar-refractivity contribution in [3.05, 3.63) is 47.6 Å². The number of anilines is 1. The average Bonchev–Trinajstić information content (AvgIpc) is 3.71. The van der Waals surface area contributed by atoms with Crippen LogP contribution >= 0.6 is 11.6 Å². The molecule has 7 rings (SSSR count). The molecule has 10 nitrogen and oxygen atoms in total. The third kappa shape index (κ3) is 5.38. The van der Waals surface area contributed by atoms with Crippen LogP contribution in [0.3, 0.4) is 0 Å². The standard InChI is InChI=1S/C32H36ClN7O3/c1-4-26(41)39-13-15-40(16-14-39)31-22-17-24(33)28(27-19(2)5-8-25-23(27)18-34-37-25)30(42-20-6-7-20)29(22)35-32(36-31)43-21-9-11-38(3)12-10-21/h4-5,8,17-18,20-21H,1,6-7,9-16H2,2-3H3,(H,34,37). The zero-order chi connectivity index (χ0) is 29.7. The number of carbonyl (C=O) groups excluding carboxylic acids is 1. The van der Waals surface area contributed by atoms with E-state index in [0.29, 0.717) is 48.5 Å². The van der Waals surface area contributed by atoms with Crippen LogP contribution in [0.2, 0.25) is 5.02 Å². The number of hydrogen-bond acceptors (Lipinski definition) is 8. The van der Waals surface area contributed by atoms with E-state index >= 15 is 0 Å². The van der Waals surface area contributed by atoms with Crippen molar-refractivity contribution in [2.75, 3.05) is 51.2 Å². The Morgan fingerprint density at radius 2 is 1.74 bits per heavy atom. The van der Waals surface area contributed by atoms with E-state index in [1.807, 2.05) is 23.2 Å². The number of nitrogens with one attached hydrogen (secondary N) is 1. The summed E-state index contributed by atoms with van der Waals surface area (Å²) in [4.78, 5) is 28.6. The summed E-state index contributed by atoms with van der Waals surface area (Å²) in [6, 6.07) is 6.40. The molecule has 11 heteroatoms. The lowest BCUT2D eigenvalue weighted by molar-refractivity contribution is -0.126.